The van der Waals surface area contributed by atoms with Crippen molar-refractivity contribution in [2.75, 3.05) is 6.54 Å². The molecule has 0 aliphatic rings. The fourth-order valence-electron chi connectivity index (χ4n) is 2.77. The Kier molecular flexibility index (Phi) is 5.54. The van der Waals surface area contributed by atoms with Gasteiger partial charge < -0.3 is 10.5 Å². The average molecular weight is 283 g/mol. The Labute approximate surface area is 127 Å². The van der Waals surface area contributed by atoms with Gasteiger partial charge in [-0.05, 0) is 25.0 Å². The first-order valence-electron chi connectivity index (χ1n) is 7.59. The Hall–Kier alpha value is -1.64. The lowest BCUT2D eigenvalue weighted by Crippen LogP contribution is -2.46. The van der Waals surface area contributed by atoms with E-state index in [2.05, 4.69) is 62.4 Å². The molecule has 0 radical (unpaired) electrons. The summed E-state index contributed by atoms with van der Waals surface area (Å²) in [6, 6.07) is 20.9. The molecule has 0 amide bonds. The molecule has 2 rings (SSSR count). The van der Waals surface area contributed by atoms with Crippen LogP contribution in [0.5, 0.6) is 0 Å². The summed E-state index contributed by atoms with van der Waals surface area (Å²) in [4.78, 5) is 0. The third-order valence-electron chi connectivity index (χ3n) is 3.60. The van der Waals surface area contributed by atoms with Crippen molar-refractivity contribution in [2.24, 2.45) is 5.73 Å². The van der Waals surface area contributed by atoms with Crippen LogP contribution in [0.15, 0.2) is 60.7 Å². The molecule has 112 valence electrons. The second-order valence-electron chi connectivity index (χ2n) is 5.88. The maximum atomic E-state index is 6.27. The average Bonchev–Trinajstić information content (AvgIpc) is 2.48. The van der Waals surface area contributed by atoms with Gasteiger partial charge in [0.1, 0.15) is 0 Å². The van der Waals surface area contributed by atoms with Crippen LogP contribution in [-0.4, -0.2) is 18.2 Å². The van der Waals surface area contributed by atoms with Crippen molar-refractivity contribution in [2.45, 2.75) is 38.4 Å². The van der Waals surface area contributed by atoms with Crippen molar-refractivity contribution in [1.29, 1.82) is 0 Å². The van der Waals surface area contributed by atoms with Gasteiger partial charge in [-0.25, -0.2) is 0 Å². The SMILES string of the molecule is CC(C)OC(CN)(Cc1ccccc1)Cc1ccccc1. The molecule has 2 N–H and O–H groups in total. The lowest BCUT2D eigenvalue weighted by atomic mass is 9.87. The van der Waals surface area contributed by atoms with Gasteiger partial charge >= 0.3 is 0 Å². The van der Waals surface area contributed by atoms with E-state index in [1.165, 1.54) is 11.1 Å². The van der Waals surface area contributed by atoms with Crippen LogP contribution in [0.2, 0.25) is 0 Å². The van der Waals surface area contributed by atoms with E-state index < -0.39 is 0 Å². The highest BCUT2D eigenvalue weighted by Gasteiger charge is 2.31. The molecule has 2 aromatic carbocycles. The number of rotatable bonds is 7. The molecule has 0 spiro atoms. The zero-order chi connectivity index (χ0) is 15.1. The molecule has 2 nitrogen and oxygen atoms in total. The maximum Gasteiger partial charge on any atom is 0.0887 e. The van der Waals surface area contributed by atoms with Gasteiger partial charge in [0, 0.05) is 19.4 Å². The van der Waals surface area contributed by atoms with Crippen LogP contribution in [-0.2, 0) is 17.6 Å². The molecule has 0 aliphatic heterocycles. The molecule has 0 unspecified atom stereocenters. The third kappa shape index (κ3) is 4.69. The fourth-order valence-corrected chi connectivity index (χ4v) is 2.77. The largest absolute Gasteiger partial charge is 0.370 e. The van der Waals surface area contributed by atoms with Crippen LogP contribution in [0.1, 0.15) is 25.0 Å². The minimum Gasteiger partial charge on any atom is -0.370 e. The predicted molar refractivity (Wildman–Crippen MR) is 88.3 cm³/mol. The number of hydrogen-bond donors (Lipinski definition) is 1. The Morgan fingerprint density at radius 2 is 1.29 bits per heavy atom. The minimum absolute atomic E-state index is 0.154. The van der Waals surface area contributed by atoms with Crippen LogP contribution < -0.4 is 5.73 Å². The lowest BCUT2D eigenvalue weighted by molar-refractivity contribution is -0.0734. The number of nitrogens with two attached hydrogens (primary N) is 1. The van der Waals surface area contributed by atoms with E-state index in [1.54, 1.807) is 0 Å². The number of ether oxygens (including phenoxy) is 1. The van der Waals surface area contributed by atoms with Gasteiger partial charge in [0.05, 0.1) is 11.7 Å². The fraction of sp³-hybridized carbons (Fsp3) is 0.368. The van der Waals surface area contributed by atoms with Gasteiger partial charge in [-0.15, -0.1) is 0 Å². The van der Waals surface area contributed by atoms with Gasteiger partial charge in [0.15, 0.2) is 0 Å². The van der Waals surface area contributed by atoms with E-state index in [1.807, 2.05) is 12.1 Å². The zero-order valence-electron chi connectivity index (χ0n) is 13.0. The Balaban J connectivity index is 2.24. The zero-order valence-corrected chi connectivity index (χ0v) is 13.0. The van der Waals surface area contributed by atoms with Gasteiger partial charge in [0.2, 0.25) is 0 Å². The van der Waals surface area contributed by atoms with Gasteiger partial charge in [-0.2, -0.15) is 0 Å². The summed E-state index contributed by atoms with van der Waals surface area (Å²) in [5, 5.41) is 0. The van der Waals surface area contributed by atoms with Crippen molar-refractivity contribution >= 4 is 0 Å². The lowest BCUT2D eigenvalue weighted by Gasteiger charge is -2.35. The van der Waals surface area contributed by atoms with E-state index in [-0.39, 0.29) is 11.7 Å². The van der Waals surface area contributed by atoms with E-state index >= 15 is 0 Å². The Bertz CT molecular complexity index is 480. The molecule has 2 aromatic rings. The summed E-state index contributed by atoms with van der Waals surface area (Å²) < 4.78 is 6.27. The third-order valence-corrected chi connectivity index (χ3v) is 3.60. The van der Waals surface area contributed by atoms with E-state index in [4.69, 9.17) is 10.5 Å². The predicted octanol–water partition coefficient (Wildman–Crippen LogP) is 3.59. The highest BCUT2D eigenvalue weighted by atomic mass is 16.5. The van der Waals surface area contributed by atoms with E-state index in [9.17, 15) is 0 Å². The molecule has 0 saturated carbocycles. The van der Waals surface area contributed by atoms with Crippen LogP contribution >= 0.6 is 0 Å². The standard InChI is InChI=1S/C19H25NO/c1-16(2)21-19(15-20,13-17-9-5-3-6-10-17)14-18-11-7-4-8-12-18/h3-12,16H,13-15,20H2,1-2H3. The summed E-state index contributed by atoms with van der Waals surface area (Å²) in [5.74, 6) is 0. The first kappa shape index (κ1) is 15.7. The highest BCUT2D eigenvalue weighted by molar-refractivity contribution is 5.22. The summed E-state index contributed by atoms with van der Waals surface area (Å²) in [6.07, 6.45) is 1.82. The first-order chi connectivity index (χ1) is 10.1. The van der Waals surface area contributed by atoms with E-state index in [0.717, 1.165) is 12.8 Å². The van der Waals surface area contributed by atoms with Crippen molar-refractivity contribution in [3.05, 3.63) is 71.8 Å². The molecule has 0 saturated heterocycles. The summed E-state index contributed by atoms with van der Waals surface area (Å²) >= 11 is 0. The van der Waals surface area contributed by atoms with Crippen LogP contribution in [0, 0.1) is 0 Å². The van der Waals surface area contributed by atoms with Crippen molar-refractivity contribution in [3.63, 3.8) is 0 Å². The van der Waals surface area contributed by atoms with Gasteiger partial charge in [0.25, 0.3) is 0 Å². The second kappa shape index (κ2) is 7.39. The summed E-state index contributed by atoms with van der Waals surface area (Å²) in [7, 11) is 0. The summed E-state index contributed by atoms with van der Waals surface area (Å²) in [5.41, 5.74) is 8.30. The topological polar surface area (TPSA) is 35.2 Å². The smallest absolute Gasteiger partial charge is 0.0887 e. The quantitative estimate of drug-likeness (QED) is 0.842. The molecule has 0 heterocycles. The number of hydrogen-bond acceptors (Lipinski definition) is 2. The molecule has 0 aliphatic carbocycles. The molecule has 0 atom stereocenters. The first-order valence-corrected chi connectivity index (χ1v) is 7.59. The second-order valence-corrected chi connectivity index (χ2v) is 5.88. The van der Waals surface area contributed by atoms with E-state index in [0.29, 0.717) is 6.54 Å². The molecule has 2 heteroatoms. The number of benzene rings is 2. The van der Waals surface area contributed by atoms with Crippen molar-refractivity contribution in [1.82, 2.24) is 0 Å². The maximum absolute atomic E-state index is 6.27. The molecule has 0 bridgehead atoms. The monoisotopic (exact) mass is 283 g/mol. The normalized spacial score (nSPS) is 11.8. The van der Waals surface area contributed by atoms with Crippen molar-refractivity contribution < 1.29 is 4.74 Å². The molecular formula is C19H25NO. The molecular weight excluding hydrogens is 258 g/mol. The van der Waals surface area contributed by atoms with Crippen LogP contribution in [0.4, 0.5) is 0 Å². The molecule has 0 aromatic heterocycles. The minimum atomic E-state index is -0.350. The molecule has 21 heavy (non-hydrogen) atoms. The van der Waals surface area contributed by atoms with Crippen LogP contribution in [0.25, 0.3) is 0 Å². The Morgan fingerprint density at radius 3 is 1.62 bits per heavy atom. The van der Waals surface area contributed by atoms with Gasteiger partial charge in [-0.1, -0.05) is 60.7 Å². The highest BCUT2D eigenvalue weighted by Crippen LogP contribution is 2.24. The Morgan fingerprint density at radius 1 is 0.857 bits per heavy atom. The van der Waals surface area contributed by atoms with Crippen molar-refractivity contribution in [3.8, 4) is 0 Å². The molecule has 0 fully saturated rings. The van der Waals surface area contributed by atoms with Gasteiger partial charge in [-0.3, -0.25) is 0 Å². The summed E-state index contributed by atoms with van der Waals surface area (Å²) in [6.45, 7) is 4.65. The van der Waals surface area contributed by atoms with Crippen LogP contribution in [0.3, 0.4) is 0 Å².